The van der Waals surface area contributed by atoms with Gasteiger partial charge >= 0.3 is 0 Å². The van der Waals surface area contributed by atoms with Gasteiger partial charge in [-0.3, -0.25) is 0 Å². The van der Waals surface area contributed by atoms with E-state index in [1.54, 1.807) is 0 Å². The van der Waals surface area contributed by atoms with Gasteiger partial charge < -0.3 is 9.47 Å². The summed E-state index contributed by atoms with van der Waals surface area (Å²) >= 11 is 0. The quantitative estimate of drug-likeness (QED) is 0.257. The van der Waals surface area contributed by atoms with Crippen LogP contribution in [-0.4, -0.2) is 20.0 Å². The molecule has 0 heterocycles. The topological polar surface area (TPSA) is 18.5 Å². The Morgan fingerprint density at radius 2 is 1.33 bits per heavy atom. The van der Waals surface area contributed by atoms with Crippen LogP contribution in [0.2, 0.25) is 0 Å². The van der Waals surface area contributed by atoms with Gasteiger partial charge in [0.25, 0.3) is 0 Å². The molecular weight excluding hydrogens is 224 g/mol. The number of unbranched alkanes of at least 4 members (excludes halogenated alkanes) is 8. The zero-order valence-corrected chi connectivity index (χ0v) is 12.1. The summed E-state index contributed by atoms with van der Waals surface area (Å²) in [5, 5.41) is 0. The molecule has 0 fully saturated rings. The monoisotopic (exact) mass is 254 g/mol. The lowest BCUT2D eigenvalue weighted by molar-refractivity contribution is -0.0555. The third-order valence-corrected chi connectivity index (χ3v) is 2.92. The van der Waals surface area contributed by atoms with E-state index < -0.39 is 0 Å². The molecule has 0 unspecified atom stereocenters. The van der Waals surface area contributed by atoms with Crippen LogP contribution in [0.1, 0.15) is 71.1 Å². The van der Waals surface area contributed by atoms with Gasteiger partial charge in [0.15, 0.2) is 0 Å². The average molecular weight is 254 g/mol. The summed E-state index contributed by atoms with van der Waals surface area (Å²) in [4.78, 5) is 0. The van der Waals surface area contributed by atoms with Crippen molar-refractivity contribution < 1.29 is 9.47 Å². The third-order valence-electron chi connectivity index (χ3n) is 2.92. The normalized spacial score (nSPS) is 10.4. The molecule has 0 radical (unpaired) electrons. The van der Waals surface area contributed by atoms with Crippen LogP contribution in [0.15, 0.2) is 0 Å². The van der Waals surface area contributed by atoms with Gasteiger partial charge in [0, 0.05) is 19.6 Å². The largest absolute Gasteiger partial charge is 0.355 e. The maximum Gasteiger partial charge on any atom is 0.146 e. The van der Waals surface area contributed by atoms with Gasteiger partial charge in [0.1, 0.15) is 6.79 Å². The minimum atomic E-state index is 0.462. The van der Waals surface area contributed by atoms with Crippen molar-refractivity contribution in [3.8, 4) is 12.3 Å². The molecule has 0 aromatic heterocycles. The van der Waals surface area contributed by atoms with E-state index in [4.69, 9.17) is 15.9 Å². The number of ether oxygens (including phenoxy) is 2. The summed E-state index contributed by atoms with van der Waals surface area (Å²) < 4.78 is 10.8. The second kappa shape index (κ2) is 16.5. The van der Waals surface area contributed by atoms with Crippen LogP contribution in [0.25, 0.3) is 0 Å². The highest BCUT2D eigenvalue weighted by Crippen LogP contribution is 2.05. The van der Waals surface area contributed by atoms with Crippen molar-refractivity contribution in [2.24, 2.45) is 0 Å². The smallest absolute Gasteiger partial charge is 0.146 e. The molecule has 0 saturated carbocycles. The maximum absolute atomic E-state index is 5.41. The predicted octanol–water partition coefficient (Wildman–Crippen LogP) is 4.53. The van der Waals surface area contributed by atoms with Gasteiger partial charge in [0.05, 0.1) is 0 Å². The minimum absolute atomic E-state index is 0.462. The van der Waals surface area contributed by atoms with Crippen LogP contribution in [0.5, 0.6) is 0 Å². The Hall–Kier alpha value is -0.520. The van der Waals surface area contributed by atoms with Crippen LogP contribution in [-0.2, 0) is 9.47 Å². The van der Waals surface area contributed by atoms with Crippen LogP contribution in [0, 0.1) is 12.3 Å². The Labute approximate surface area is 113 Å². The molecular formula is C16H30O2. The van der Waals surface area contributed by atoms with E-state index in [1.807, 2.05) is 0 Å². The number of hydrogen-bond acceptors (Lipinski definition) is 2. The fraction of sp³-hybridized carbons (Fsp3) is 0.875. The molecule has 0 aliphatic carbocycles. The Morgan fingerprint density at radius 1 is 0.778 bits per heavy atom. The molecule has 0 aliphatic rings. The average Bonchev–Trinajstić information content (AvgIpc) is 2.39. The molecule has 18 heavy (non-hydrogen) atoms. The van der Waals surface area contributed by atoms with Gasteiger partial charge in [-0.2, -0.15) is 0 Å². The van der Waals surface area contributed by atoms with E-state index in [9.17, 15) is 0 Å². The fourth-order valence-electron chi connectivity index (χ4n) is 1.77. The van der Waals surface area contributed by atoms with Crippen molar-refractivity contribution in [1.29, 1.82) is 0 Å². The van der Waals surface area contributed by atoms with Crippen molar-refractivity contribution in [1.82, 2.24) is 0 Å². The summed E-state index contributed by atoms with van der Waals surface area (Å²) in [6.45, 7) is 4.34. The first-order chi connectivity index (χ1) is 8.91. The van der Waals surface area contributed by atoms with E-state index in [-0.39, 0.29) is 0 Å². The highest BCUT2D eigenvalue weighted by atomic mass is 16.7. The Bertz CT molecular complexity index is 184. The van der Waals surface area contributed by atoms with Crippen LogP contribution in [0.4, 0.5) is 0 Å². The summed E-state index contributed by atoms with van der Waals surface area (Å²) in [6.07, 6.45) is 17.2. The van der Waals surface area contributed by atoms with E-state index in [0.29, 0.717) is 6.79 Å². The summed E-state index contributed by atoms with van der Waals surface area (Å²) in [5.41, 5.74) is 0. The standard InChI is InChI=1S/C16H30O2/c1-3-5-7-9-10-11-13-15-18-16-17-14-12-8-6-4-2/h1H,4-16H2,2H3. The number of terminal acetylenes is 1. The van der Waals surface area contributed by atoms with Gasteiger partial charge in [-0.1, -0.05) is 45.4 Å². The first-order valence-electron chi connectivity index (χ1n) is 7.50. The zero-order valence-electron chi connectivity index (χ0n) is 12.1. The lowest BCUT2D eigenvalue weighted by atomic mass is 10.1. The number of rotatable bonds is 14. The molecule has 0 aromatic rings. The lowest BCUT2D eigenvalue weighted by Crippen LogP contribution is -2.03. The first kappa shape index (κ1) is 17.5. The Kier molecular flexibility index (Phi) is 16.0. The second-order valence-corrected chi connectivity index (χ2v) is 4.72. The highest BCUT2D eigenvalue weighted by molar-refractivity contribution is 4.82. The van der Waals surface area contributed by atoms with E-state index in [1.165, 1.54) is 38.5 Å². The van der Waals surface area contributed by atoms with Gasteiger partial charge in [-0.25, -0.2) is 0 Å². The van der Waals surface area contributed by atoms with E-state index in [0.717, 1.165) is 38.9 Å². The fourth-order valence-corrected chi connectivity index (χ4v) is 1.77. The highest BCUT2D eigenvalue weighted by Gasteiger charge is 1.92. The van der Waals surface area contributed by atoms with Crippen molar-refractivity contribution in [3.05, 3.63) is 0 Å². The first-order valence-corrected chi connectivity index (χ1v) is 7.50. The molecule has 2 heteroatoms. The molecule has 0 N–H and O–H groups in total. The molecule has 0 aliphatic heterocycles. The molecule has 0 rings (SSSR count). The molecule has 106 valence electrons. The van der Waals surface area contributed by atoms with E-state index in [2.05, 4.69) is 12.8 Å². The summed E-state index contributed by atoms with van der Waals surface area (Å²) in [6, 6.07) is 0. The van der Waals surface area contributed by atoms with Crippen molar-refractivity contribution >= 4 is 0 Å². The molecule has 0 saturated heterocycles. The molecule has 0 bridgehead atoms. The summed E-state index contributed by atoms with van der Waals surface area (Å²) in [5.74, 6) is 2.67. The maximum atomic E-state index is 5.41. The lowest BCUT2D eigenvalue weighted by Gasteiger charge is -2.05. The summed E-state index contributed by atoms with van der Waals surface area (Å²) in [7, 11) is 0. The van der Waals surface area contributed by atoms with E-state index >= 15 is 0 Å². The molecule has 0 amide bonds. The van der Waals surface area contributed by atoms with Crippen LogP contribution >= 0.6 is 0 Å². The van der Waals surface area contributed by atoms with Crippen LogP contribution in [0.3, 0.4) is 0 Å². The zero-order chi connectivity index (χ0) is 13.3. The molecule has 0 aromatic carbocycles. The van der Waals surface area contributed by atoms with Crippen LogP contribution < -0.4 is 0 Å². The van der Waals surface area contributed by atoms with Gasteiger partial charge in [-0.15, -0.1) is 12.3 Å². The molecule has 2 nitrogen and oxygen atoms in total. The SMILES string of the molecule is C#CCCCCCCCOCOCCCCCC. The molecule has 0 spiro atoms. The van der Waals surface area contributed by atoms with Crippen molar-refractivity contribution in [3.63, 3.8) is 0 Å². The van der Waals surface area contributed by atoms with Crippen molar-refractivity contribution in [2.75, 3.05) is 20.0 Å². The predicted molar refractivity (Wildman–Crippen MR) is 77.4 cm³/mol. The third kappa shape index (κ3) is 15.5. The minimum Gasteiger partial charge on any atom is -0.355 e. The Balaban J connectivity index is 2.89. The second-order valence-electron chi connectivity index (χ2n) is 4.72. The van der Waals surface area contributed by atoms with Gasteiger partial charge in [0.2, 0.25) is 0 Å². The molecule has 0 atom stereocenters. The van der Waals surface area contributed by atoms with Gasteiger partial charge in [-0.05, 0) is 19.3 Å². The Morgan fingerprint density at radius 3 is 1.94 bits per heavy atom. The number of hydrogen-bond donors (Lipinski definition) is 0. The van der Waals surface area contributed by atoms with Crippen molar-refractivity contribution in [2.45, 2.75) is 71.1 Å².